The van der Waals surface area contributed by atoms with Gasteiger partial charge in [0, 0.05) is 13.2 Å². The standard InChI is InChI=1S/C15H21ClN2O3/c1-11(10-19)5-4-8-17-14(20)9-18-15(21)12-6-2-3-7-13(12)16/h2-3,6-7,11,19H,4-5,8-10H2,1H3,(H,17,20)(H,18,21). The van der Waals surface area contributed by atoms with Crippen molar-refractivity contribution < 1.29 is 14.7 Å². The molecule has 0 aliphatic rings. The molecule has 1 rings (SSSR count). The maximum absolute atomic E-state index is 11.8. The van der Waals surface area contributed by atoms with Crippen molar-refractivity contribution in [1.29, 1.82) is 0 Å². The Labute approximate surface area is 129 Å². The largest absolute Gasteiger partial charge is 0.396 e. The van der Waals surface area contributed by atoms with Crippen LogP contribution in [-0.4, -0.2) is 36.6 Å². The van der Waals surface area contributed by atoms with E-state index in [-0.39, 0.29) is 30.9 Å². The van der Waals surface area contributed by atoms with Crippen molar-refractivity contribution in [1.82, 2.24) is 10.6 Å². The molecule has 0 saturated carbocycles. The quantitative estimate of drug-likeness (QED) is 0.638. The second-order valence-electron chi connectivity index (χ2n) is 4.94. The summed E-state index contributed by atoms with van der Waals surface area (Å²) in [4.78, 5) is 23.4. The highest BCUT2D eigenvalue weighted by molar-refractivity contribution is 6.33. The number of rotatable bonds is 8. The van der Waals surface area contributed by atoms with Gasteiger partial charge in [0.2, 0.25) is 5.91 Å². The SMILES string of the molecule is CC(CO)CCCNC(=O)CNC(=O)c1ccccc1Cl. The number of hydrogen-bond donors (Lipinski definition) is 3. The maximum Gasteiger partial charge on any atom is 0.253 e. The first kappa shape index (κ1) is 17.5. The zero-order valence-corrected chi connectivity index (χ0v) is 12.8. The summed E-state index contributed by atoms with van der Waals surface area (Å²) in [6.45, 7) is 2.55. The summed E-state index contributed by atoms with van der Waals surface area (Å²) in [5.41, 5.74) is 0.351. The van der Waals surface area contributed by atoms with Crippen molar-refractivity contribution in [2.45, 2.75) is 19.8 Å². The van der Waals surface area contributed by atoms with Gasteiger partial charge in [-0.2, -0.15) is 0 Å². The summed E-state index contributed by atoms with van der Waals surface area (Å²) in [6, 6.07) is 6.67. The van der Waals surface area contributed by atoms with Gasteiger partial charge < -0.3 is 15.7 Å². The predicted octanol–water partition coefficient (Wildman–Crippen LogP) is 1.59. The zero-order valence-electron chi connectivity index (χ0n) is 12.1. The van der Waals surface area contributed by atoms with E-state index in [2.05, 4.69) is 10.6 Å². The average Bonchev–Trinajstić information content (AvgIpc) is 2.49. The van der Waals surface area contributed by atoms with Crippen molar-refractivity contribution in [3.63, 3.8) is 0 Å². The second kappa shape index (κ2) is 9.37. The minimum absolute atomic E-state index is 0.0837. The number of amides is 2. The molecule has 0 bridgehead atoms. The number of benzene rings is 1. The highest BCUT2D eigenvalue weighted by atomic mass is 35.5. The lowest BCUT2D eigenvalue weighted by Crippen LogP contribution is -2.37. The third-order valence-corrected chi connectivity index (χ3v) is 3.37. The van der Waals surface area contributed by atoms with Crippen LogP contribution in [0, 0.1) is 5.92 Å². The summed E-state index contributed by atoms with van der Waals surface area (Å²) < 4.78 is 0. The van der Waals surface area contributed by atoms with E-state index in [4.69, 9.17) is 16.7 Å². The molecule has 2 amide bonds. The van der Waals surface area contributed by atoms with Crippen LogP contribution in [0.5, 0.6) is 0 Å². The summed E-state index contributed by atoms with van der Waals surface area (Å²) >= 11 is 5.90. The normalized spacial score (nSPS) is 11.8. The molecule has 3 N–H and O–H groups in total. The maximum atomic E-state index is 11.8. The van der Waals surface area contributed by atoms with Crippen LogP contribution in [-0.2, 0) is 4.79 Å². The van der Waals surface area contributed by atoms with Crippen molar-refractivity contribution >= 4 is 23.4 Å². The Kier molecular flexibility index (Phi) is 7.79. The molecule has 0 fully saturated rings. The molecular formula is C15H21ClN2O3. The lowest BCUT2D eigenvalue weighted by molar-refractivity contribution is -0.120. The summed E-state index contributed by atoms with van der Waals surface area (Å²) in [7, 11) is 0. The fourth-order valence-electron chi connectivity index (χ4n) is 1.73. The van der Waals surface area contributed by atoms with Crippen molar-refractivity contribution in [2.75, 3.05) is 19.7 Å². The van der Waals surface area contributed by atoms with E-state index >= 15 is 0 Å². The molecule has 0 heterocycles. The highest BCUT2D eigenvalue weighted by Crippen LogP contribution is 2.14. The van der Waals surface area contributed by atoms with Gasteiger partial charge in [-0.3, -0.25) is 9.59 Å². The first-order valence-corrected chi connectivity index (χ1v) is 7.32. The van der Waals surface area contributed by atoms with E-state index < -0.39 is 0 Å². The smallest absolute Gasteiger partial charge is 0.253 e. The van der Waals surface area contributed by atoms with Crippen LogP contribution in [0.25, 0.3) is 0 Å². The molecule has 1 atom stereocenters. The van der Waals surface area contributed by atoms with E-state index in [1.54, 1.807) is 24.3 Å². The van der Waals surface area contributed by atoms with Gasteiger partial charge in [0.15, 0.2) is 0 Å². The molecule has 0 aliphatic heterocycles. The lowest BCUT2D eigenvalue weighted by atomic mass is 10.1. The molecule has 0 aromatic heterocycles. The average molecular weight is 313 g/mol. The van der Waals surface area contributed by atoms with Crippen molar-refractivity contribution in [2.24, 2.45) is 5.92 Å². The van der Waals surface area contributed by atoms with E-state index in [0.717, 1.165) is 12.8 Å². The Morgan fingerprint density at radius 1 is 1.29 bits per heavy atom. The van der Waals surface area contributed by atoms with Gasteiger partial charge in [-0.05, 0) is 30.9 Å². The van der Waals surface area contributed by atoms with Gasteiger partial charge in [0.05, 0.1) is 17.1 Å². The molecular weight excluding hydrogens is 292 g/mol. The Morgan fingerprint density at radius 2 is 2.00 bits per heavy atom. The Balaban J connectivity index is 2.24. The van der Waals surface area contributed by atoms with Crippen LogP contribution in [0.4, 0.5) is 0 Å². The van der Waals surface area contributed by atoms with Gasteiger partial charge in [-0.15, -0.1) is 0 Å². The molecule has 21 heavy (non-hydrogen) atoms. The zero-order chi connectivity index (χ0) is 15.7. The Morgan fingerprint density at radius 3 is 2.67 bits per heavy atom. The monoisotopic (exact) mass is 312 g/mol. The number of carbonyl (C=O) groups is 2. The molecule has 5 nitrogen and oxygen atoms in total. The number of aliphatic hydroxyl groups excluding tert-OH is 1. The molecule has 1 aromatic carbocycles. The number of aliphatic hydroxyl groups is 1. The van der Waals surface area contributed by atoms with Crippen LogP contribution < -0.4 is 10.6 Å². The molecule has 0 saturated heterocycles. The molecule has 1 aromatic rings. The lowest BCUT2D eigenvalue weighted by Gasteiger charge is -2.09. The van der Waals surface area contributed by atoms with E-state index in [1.165, 1.54) is 0 Å². The number of halogens is 1. The number of hydrogen-bond acceptors (Lipinski definition) is 3. The molecule has 6 heteroatoms. The van der Waals surface area contributed by atoms with Crippen LogP contribution >= 0.6 is 11.6 Å². The van der Waals surface area contributed by atoms with Gasteiger partial charge >= 0.3 is 0 Å². The molecule has 0 aliphatic carbocycles. The summed E-state index contributed by atoms with van der Waals surface area (Å²) in [5.74, 6) is -0.376. The van der Waals surface area contributed by atoms with Crippen LogP contribution in [0.3, 0.4) is 0 Å². The minimum atomic E-state index is -0.371. The predicted molar refractivity (Wildman–Crippen MR) is 82.3 cm³/mol. The topological polar surface area (TPSA) is 78.4 Å². The summed E-state index contributed by atoms with van der Waals surface area (Å²) in [5, 5.41) is 14.5. The second-order valence-corrected chi connectivity index (χ2v) is 5.35. The first-order valence-electron chi connectivity index (χ1n) is 6.95. The highest BCUT2D eigenvalue weighted by Gasteiger charge is 2.10. The number of nitrogens with one attached hydrogen (secondary N) is 2. The molecule has 0 spiro atoms. The van der Waals surface area contributed by atoms with Gasteiger partial charge in [0.1, 0.15) is 0 Å². The molecule has 116 valence electrons. The van der Waals surface area contributed by atoms with Gasteiger partial charge in [-0.1, -0.05) is 30.7 Å². The summed E-state index contributed by atoms with van der Waals surface area (Å²) in [6.07, 6.45) is 1.65. The van der Waals surface area contributed by atoms with Gasteiger partial charge in [-0.25, -0.2) is 0 Å². The third-order valence-electron chi connectivity index (χ3n) is 3.04. The molecule has 1 unspecified atom stereocenters. The molecule has 0 radical (unpaired) electrons. The van der Waals surface area contributed by atoms with Crippen LogP contribution in [0.1, 0.15) is 30.1 Å². The van der Waals surface area contributed by atoms with E-state index in [0.29, 0.717) is 17.1 Å². The minimum Gasteiger partial charge on any atom is -0.396 e. The van der Waals surface area contributed by atoms with Crippen molar-refractivity contribution in [3.8, 4) is 0 Å². The fourth-order valence-corrected chi connectivity index (χ4v) is 1.95. The number of carbonyl (C=O) groups excluding carboxylic acids is 2. The fraction of sp³-hybridized carbons (Fsp3) is 0.467. The van der Waals surface area contributed by atoms with E-state index in [9.17, 15) is 9.59 Å². The van der Waals surface area contributed by atoms with Crippen LogP contribution in [0.2, 0.25) is 5.02 Å². The van der Waals surface area contributed by atoms with Crippen molar-refractivity contribution in [3.05, 3.63) is 34.9 Å². The first-order chi connectivity index (χ1) is 10.0. The Hall–Kier alpha value is -1.59. The van der Waals surface area contributed by atoms with E-state index in [1.807, 2.05) is 6.92 Å². The third kappa shape index (κ3) is 6.60. The van der Waals surface area contributed by atoms with Crippen LogP contribution in [0.15, 0.2) is 24.3 Å². The van der Waals surface area contributed by atoms with Gasteiger partial charge in [0.25, 0.3) is 5.91 Å². The Bertz CT molecular complexity index is 480.